The van der Waals surface area contributed by atoms with Crippen LogP contribution in [0.4, 0.5) is 0 Å². The van der Waals surface area contributed by atoms with E-state index in [1.165, 1.54) is 12.0 Å². The summed E-state index contributed by atoms with van der Waals surface area (Å²) in [6.45, 7) is 6.55. The lowest BCUT2D eigenvalue weighted by Crippen LogP contribution is -2.41. The summed E-state index contributed by atoms with van der Waals surface area (Å²) in [6, 6.07) is 4.55. The van der Waals surface area contributed by atoms with Gasteiger partial charge in [-0.25, -0.2) is 0 Å². The summed E-state index contributed by atoms with van der Waals surface area (Å²) in [5.74, 6) is -0.173. The summed E-state index contributed by atoms with van der Waals surface area (Å²) in [4.78, 5) is 12.9. The van der Waals surface area contributed by atoms with E-state index in [0.717, 1.165) is 6.42 Å². The Morgan fingerprint density at radius 2 is 2.29 bits per heavy atom. The summed E-state index contributed by atoms with van der Waals surface area (Å²) in [6.07, 6.45) is 0.995. The maximum absolute atomic E-state index is 11.5. The van der Waals surface area contributed by atoms with Crippen LogP contribution in [-0.2, 0) is 16.0 Å². The van der Waals surface area contributed by atoms with Crippen molar-refractivity contribution in [1.29, 1.82) is 0 Å². The molecule has 0 aliphatic carbocycles. The number of nitrogens with one attached hydrogen (secondary N) is 1. The average Bonchev–Trinajstić information content (AvgIpc) is 2.78. The number of carbonyl (C=O) groups excluding carboxylic acids is 1. The zero-order chi connectivity index (χ0) is 12.9. The highest BCUT2D eigenvalue weighted by atomic mass is 32.1. The molecule has 3 nitrogen and oxygen atoms in total. The lowest BCUT2D eigenvalue weighted by atomic mass is 9.93. The fourth-order valence-electron chi connectivity index (χ4n) is 1.58. The molecule has 1 aromatic rings. The molecule has 4 heteroatoms. The van der Waals surface area contributed by atoms with Crippen LogP contribution in [0.5, 0.6) is 0 Å². The van der Waals surface area contributed by atoms with E-state index in [1.54, 1.807) is 11.3 Å². The molecule has 0 amide bonds. The molecule has 0 spiro atoms. The molecular weight excluding hydrogens is 234 g/mol. The minimum atomic E-state index is -0.474. The second-order valence-corrected chi connectivity index (χ2v) is 5.97. The number of esters is 1. The van der Waals surface area contributed by atoms with Crippen LogP contribution >= 0.6 is 11.3 Å². The van der Waals surface area contributed by atoms with Gasteiger partial charge in [0.1, 0.15) is 0 Å². The monoisotopic (exact) mass is 255 g/mol. The van der Waals surface area contributed by atoms with Crippen molar-refractivity contribution < 1.29 is 9.53 Å². The van der Waals surface area contributed by atoms with E-state index in [4.69, 9.17) is 4.74 Å². The first kappa shape index (κ1) is 14.2. The SMILES string of the molecule is COC(=O)C(C)(C)CNC(C)Cc1cccs1. The molecule has 0 saturated heterocycles. The van der Waals surface area contributed by atoms with Gasteiger partial charge in [-0.1, -0.05) is 6.07 Å². The average molecular weight is 255 g/mol. The third kappa shape index (κ3) is 4.48. The summed E-state index contributed by atoms with van der Waals surface area (Å²) in [7, 11) is 1.43. The molecule has 1 N–H and O–H groups in total. The van der Waals surface area contributed by atoms with Gasteiger partial charge in [0, 0.05) is 17.5 Å². The molecule has 0 radical (unpaired) electrons. The molecule has 0 aromatic carbocycles. The fraction of sp³-hybridized carbons (Fsp3) is 0.615. The number of carbonyl (C=O) groups is 1. The van der Waals surface area contributed by atoms with E-state index >= 15 is 0 Å². The van der Waals surface area contributed by atoms with Crippen LogP contribution in [0, 0.1) is 5.41 Å². The normalized spacial score (nSPS) is 13.4. The highest BCUT2D eigenvalue weighted by Gasteiger charge is 2.28. The Morgan fingerprint density at radius 1 is 1.59 bits per heavy atom. The quantitative estimate of drug-likeness (QED) is 0.794. The third-order valence-corrected chi connectivity index (χ3v) is 3.62. The number of hydrogen-bond donors (Lipinski definition) is 1. The van der Waals surface area contributed by atoms with Crippen molar-refractivity contribution in [2.45, 2.75) is 33.2 Å². The van der Waals surface area contributed by atoms with Crippen molar-refractivity contribution in [2.24, 2.45) is 5.41 Å². The standard InChI is InChI=1S/C13H21NO2S/c1-10(8-11-6-5-7-17-11)14-9-13(2,3)12(15)16-4/h5-7,10,14H,8-9H2,1-4H3. The van der Waals surface area contributed by atoms with E-state index in [0.29, 0.717) is 12.6 Å². The third-order valence-electron chi connectivity index (χ3n) is 2.72. The van der Waals surface area contributed by atoms with E-state index in [2.05, 4.69) is 29.8 Å². The van der Waals surface area contributed by atoms with Crippen molar-refractivity contribution in [3.63, 3.8) is 0 Å². The number of hydrogen-bond acceptors (Lipinski definition) is 4. The van der Waals surface area contributed by atoms with Gasteiger partial charge in [0.25, 0.3) is 0 Å². The maximum Gasteiger partial charge on any atom is 0.312 e. The Labute approximate surface area is 107 Å². The highest BCUT2D eigenvalue weighted by Crippen LogP contribution is 2.16. The van der Waals surface area contributed by atoms with E-state index < -0.39 is 5.41 Å². The first-order valence-electron chi connectivity index (χ1n) is 5.80. The molecule has 1 atom stereocenters. The van der Waals surface area contributed by atoms with Gasteiger partial charge in [-0.3, -0.25) is 4.79 Å². The largest absolute Gasteiger partial charge is 0.469 e. The van der Waals surface area contributed by atoms with Crippen LogP contribution in [0.15, 0.2) is 17.5 Å². The predicted molar refractivity (Wildman–Crippen MR) is 71.3 cm³/mol. The minimum Gasteiger partial charge on any atom is -0.469 e. The second kappa shape index (κ2) is 6.17. The molecule has 0 aliphatic rings. The fourth-order valence-corrected chi connectivity index (χ4v) is 2.42. The lowest BCUT2D eigenvalue weighted by molar-refractivity contribution is -0.150. The van der Waals surface area contributed by atoms with Gasteiger partial charge in [0.05, 0.1) is 12.5 Å². The van der Waals surface area contributed by atoms with Crippen LogP contribution in [-0.4, -0.2) is 25.7 Å². The van der Waals surface area contributed by atoms with Gasteiger partial charge in [-0.15, -0.1) is 11.3 Å². The van der Waals surface area contributed by atoms with Crippen molar-refractivity contribution in [1.82, 2.24) is 5.32 Å². The van der Waals surface area contributed by atoms with Crippen molar-refractivity contribution in [3.8, 4) is 0 Å². The van der Waals surface area contributed by atoms with Gasteiger partial charge < -0.3 is 10.1 Å². The zero-order valence-corrected chi connectivity index (χ0v) is 11.8. The molecule has 1 heterocycles. The lowest BCUT2D eigenvalue weighted by Gasteiger charge is -2.24. The molecule has 0 bridgehead atoms. The van der Waals surface area contributed by atoms with Crippen LogP contribution in [0.1, 0.15) is 25.6 Å². The highest BCUT2D eigenvalue weighted by molar-refractivity contribution is 7.09. The smallest absolute Gasteiger partial charge is 0.312 e. The first-order chi connectivity index (χ1) is 7.95. The molecule has 0 aliphatic heterocycles. The van der Waals surface area contributed by atoms with E-state index in [1.807, 2.05) is 13.8 Å². The van der Waals surface area contributed by atoms with Crippen LogP contribution in [0.25, 0.3) is 0 Å². The summed E-state index contributed by atoms with van der Waals surface area (Å²) >= 11 is 1.76. The zero-order valence-electron chi connectivity index (χ0n) is 10.9. The van der Waals surface area contributed by atoms with E-state index in [-0.39, 0.29) is 5.97 Å². The molecule has 1 aromatic heterocycles. The van der Waals surface area contributed by atoms with Crippen LogP contribution < -0.4 is 5.32 Å². The topological polar surface area (TPSA) is 38.3 Å². The first-order valence-corrected chi connectivity index (χ1v) is 6.68. The molecule has 96 valence electrons. The van der Waals surface area contributed by atoms with Crippen molar-refractivity contribution >= 4 is 17.3 Å². The van der Waals surface area contributed by atoms with Crippen LogP contribution in [0.2, 0.25) is 0 Å². The number of thiophene rings is 1. The predicted octanol–water partition coefficient (Wildman–Crippen LogP) is 2.47. The molecule has 0 saturated carbocycles. The molecule has 1 unspecified atom stereocenters. The van der Waals surface area contributed by atoms with Gasteiger partial charge in [0.2, 0.25) is 0 Å². The Bertz CT molecular complexity index is 346. The van der Waals surface area contributed by atoms with Crippen molar-refractivity contribution in [3.05, 3.63) is 22.4 Å². The Morgan fingerprint density at radius 3 is 2.82 bits per heavy atom. The Hall–Kier alpha value is -0.870. The van der Waals surface area contributed by atoms with Gasteiger partial charge in [-0.2, -0.15) is 0 Å². The summed E-state index contributed by atoms with van der Waals surface area (Å²) < 4.78 is 4.78. The van der Waals surface area contributed by atoms with E-state index in [9.17, 15) is 4.79 Å². The van der Waals surface area contributed by atoms with Crippen molar-refractivity contribution in [2.75, 3.05) is 13.7 Å². The number of methoxy groups -OCH3 is 1. The van der Waals surface area contributed by atoms with Crippen LogP contribution in [0.3, 0.4) is 0 Å². The molecule has 17 heavy (non-hydrogen) atoms. The number of ether oxygens (including phenoxy) is 1. The number of rotatable bonds is 6. The molecular formula is C13H21NO2S. The van der Waals surface area contributed by atoms with Gasteiger partial charge >= 0.3 is 5.97 Å². The summed E-state index contributed by atoms with van der Waals surface area (Å²) in [5.41, 5.74) is -0.474. The molecule has 1 rings (SSSR count). The molecule has 0 fully saturated rings. The maximum atomic E-state index is 11.5. The van der Waals surface area contributed by atoms with Gasteiger partial charge in [0.15, 0.2) is 0 Å². The Kier molecular flexibility index (Phi) is 5.15. The Balaban J connectivity index is 2.37. The summed E-state index contributed by atoms with van der Waals surface area (Å²) in [5, 5.41) is 5.47. The second-order valence-electron chi connectivity index (χ2n) is 4.94. The minimum absolute atomic E-state index is 0.173. The van der Waals surface area contributed by atoms with Gasteiger partial charge in [-0.05, 0) is 38.6 Å².